The number of anilines is 3. The van der Waals surface area contributed by atoms with E-state index in [1.54, 1.807) is 11.8 Å². The van der Waals surface area contributed by atoms with Crippen molar-refractivity contribution in [3.8, 4) is 5.88 Å². The van der Waals surface area contributed by atoms with Gasteiger partial charge in [0.1, 0.15) is 12.0 Å². The Hall–Kier alpha value is -1.95. The molecule has 0 bridgehead atoms. The number of para-hydroxylation sites is 1. The van der Waals surface area contributed by atoms with Crippen molar-refractivity contribution in [3.05, 3.63) is 30.6 Å². The van der Waals surface area contributed by atoms with Crippen LogP contribution in [0.5, 0.6) is 5.88 Å². The SMILES string of the molecule is CCCOc1ncnc(Nc2ccccc2SC)c1N. The van der Waals surface area contributed by atoms with Crippen molar-refractivity contribution in [2.45, 2.75) is 18.2 Å². The number of benzene rings is 1. The molecule has 0 fully saturated rings. The first kappa shape index (κ1) is 14.5. The maximum Gasteiger partial charge on any atom is 0.242 e. The van der Waals surface area contributed by atoms with Crippen LogP contribution in [0.15, 0.2) is 35.5 Å². The van der Waals surface area contributed by atoms with Crippen LogP contribution in [0.4, 0.5) is 17.2 Å². The van der Waals surface area contributed by atoms with E-state index in [0.29, 0.717) is 24.0 Å². The quantitative estimate of drug-likeness (QED) is 0.795. The van der Waals surface area contributed by atoms with Crippen LogP contribution in [0.3, 0.4) is 0 Å². The first-order valence-corrected chi connectivity index (χ1v) is 7.62. The molecule has 0 radical (unpaired) electrons. The fourth-order valence-corrected chi connectivity index (χ4v) is 2.22. The van der Waals surface area contributed by atoms with Gasteiger partial charge < -0.3 is 15.8 Å². The van der Waals surface area contributed by atoms with Crippen LogP contribution in [0.25, 0.3) is 0 Å². The fraction of sp³-hybridized carbons (Fsp3) is 0.286. The van der Waals surface area contributed by atoms with Gasteiger partial charge in [-0.05, 0) is 24.8 Å². The van der Waals surface area contributed by atoms with Gasteiger partial charge in [0.15, 0.2) is 5.82 Å². The number of ether oxygens (including phenoxy) is 1. The largest absolute Gasteiger partial charge is 0.476 e. The van der Waals surface area contributed by atoms with Gasteiger partial charge in [-0.25, -0.2) is 4.98 Å². The zero-order valence-electron chi connectivity index (χ0n) is 11.6. The summed E-state index contributed by atoms with van der Waals surface area (Å²) in [6.07, 6.45) is 4.38. The van der Waals surface area contributed by atoms with Gasteiger partial charge >= 0.3 is 0 Å². The summed E-state index contributed by atoms with van der Waals surface area (Å²) in [5.41, 5.74) is 7.44. The molecule has 0 atom stereocenters. The zero-order valence-corrected chi connectivity index (χ0v) is 12.4. The van der Waals surface area contributed by atoms with Gasteiger partial charge in [0.25, 0.3) is 0 Å². The number of nitrogens with one attached hydrogen (secondary N) is 1. The van der Waals surface area contributed by atoms with Crippen molar-refractivity contribution in [1.29, 1.82) is 0 Å². The summed E-state index contributed by atoms with van der Waals surface area (Å²) in [6, 6.07) is 7.99. The lowest BCUT2D eigenvalue weighted by molar-refractivity contribution is 0.307. The molecule has 0 aliphatic rings. The van der Waals surface area contributed by atoms with Gasteiger partial charge in [-0.15, -0.1) is 11.8 Å². The summed E-state index contributed by atoms with van der Waals surface area (Å²) in [4.78, 5) is 9.36. The van der Waals surface area contributed by atoms with E-state index in [1.165, 1.54) is 6.33 Å². The van der Waals surface area contributed by atoms with Crippen molar-refractivity contribution in [1.82, 2.24) is 9.97 Å². The molecule has 0 amide bonds. The number of nitrogens with two attached hydrogens (primary N) is 1. The summed E-state index contributed by atoms with van der Waals surface area (Å²) >= 11 is 1.66. The normalized spacial score (nSPS) is 10.3. The molecule has 0 unspecified atom stereocenters. The van der Waals surface area contributed by atoms with Crippen LogP contribution < -0.4 is 15.8 Å². The molecular weight excluding hydrogens is 272 g/mol. The molecule has 1 aromatic heterocycles. The number of rotatable bonds is 6. The van der Waals surface area contributed by atoms with E-state index in [2.05, 4.69) is 15.3 Å². The third-order valence-corrected chi connectivity index (χ3v) is 3.45. The van der Waals surface area contributed by atoms with Crippen molar-refractivity contribution >= 4 is 29.0 Å². The van der Waals surface area contributed by atoms with E-state index in [-0.39, 0.29) is 0 Å². The van der Waals surface area contributed by atoms with E-state index in [4.69, 9.17) is 10.5 Å². The fourth-order valence-electron chi connectivity index (χ4n) is 1.67. The standard InChI is InChI=1S/C14H18N4OS/c1-3-8-19-14-12(15)13(16-9-17-14)18-10-6-4-5-7-11(10)20-2/h4-7,9H,3,8,15H2,1-2H3,(H,16,17,18). The second-order valence-electron chi connectivity index (χ2n) is 4.11. The Kier molecular flexibility index (Phi) is 5.06. The maximum absolute atomic E-state index is 6.04. The average molecular weight is 290 g/mol. The Balaban J connectivity index is 2.25. The highest BCUT2D eigenvalue weighted by Gasteiger charge is 2.10. The lowest BCUT2D eigenvalue weighted by Crippen LogP contribution is -2.06. The first-order chi connectivity index (χ1) is 9.76. The Morgan fingerprint density at radius 1 is 1.30 bits per heavy atom. The maximum atomic E-state index is 6.04. The lowest BCUT2D eigenvalue weighted by Gasteiger charge is -2.13. The summed E-state index contributed by atoms with van der Waals surface area (Å²) in [5, 5.41) is 3.23. The predicted octanol–water partition coefficient (Wildman–Crippen LogP) is 3.31. The summed E-state index contributed by atoms with van der Waals surface area (Å²) < 4.78 is 5.50. The van der Waals surface area contributed by atoms with Crippen LogP contribution in [-0.2, 0) is 0 Å². The number of hydrogen-bond donors (Lipinski definition) is 2. The molecular formula is C14H18N4OS. The van der Waals surface area contributed by atoms with Gasteiger partial charge in [-0.3, -0.25) is 0 Å². The zero-order chi connectivity index (χ0) is 14.4. The number of nitrogen functional groups attached to an aromatic ring is 1. The predicted molar refractivity (Wildman–Crippen MR) is 83.7 cm³/mol. The molecule has 106 valence electrons. The Labute approximate surface area is 123 Å². The Morgan fingerprint density at radius 2 is 2.10 bits per heavy atom. The van der Waals surface area contributed by atoms with Crippen molar-refractivity contribution in [2.24, 2.45) is 0 Å². The molecule has 0 spiro atoms. The molecule has 6 heteroatoms. The van der Waals surface area contributed by atoms with Gasteiger partial charge in [-0.2, -0.15) is 4.98 Å². The summed E-state index contributed by atoms with van der Waals surface area (Å²) in [6.45, 7) is 2.62. The molecule has 1 heterocycles. The third-order valence-electron chi connectivity index (χ3n) is 2.65. The van der Waals surface area contributed by atoms with Crippen LogP contribution in [-0.4, -0.2) is 22.8 Å². The van der Waals surface area contributed by atoms with Crippen LogP contribution in [0, 0.1) is 0 Å². The molecule has 1 aromatic carbocycles. The van der Waals surface area contributed by atoms with Gasteiger partial charge in [0.05, 0.1) is 12.3 Å². The van der Waals surface area contributed by atoms with Crippen LogP contribution >= 0.6 is 11.8 Å². The summed E-state index contributed by atoms with van der Waals surface area (Å²) in [5.74, 6) is 0.985. The Bertz CT molecular complexity index is 577. The molecule has 0 saturated heterocycles. The van der Waals surface area contributed by atoms with Gasteiger partial charge in [0.2, 0.25) is 5.88 Å². The van der Waals surface area contributed by atoms with Crippen molar-refractivity contribution in [3.63, 3.8) is 0 Å². The number of nitrogens with zero attached hydrogens (tertiary/aromatic N) is 2. The minimum absolute atomic E-state index is 0.422. The second kappa shape index (κ2) is 7.00. The van der Waals surface area contributed by atoms with E-state index < -0.39 is 0 Å². The molecule has 20 heavy (non-hydrogen) atoms. The third kappa shape index (κ3) is 3.33. The molecule has 3 N–H and O–H groups in total. The second-order valence-corrected chi connectivity index (χ2v) is 4.96. The van der Waals surface area contributed by atoms with E-state index >= 15 is 0 Å². The number of hydrogen-bond acceptors (Lipinski definition) is 6. The highest BCUT2D eigenvalue weighted by Crippen LogP contribution is 2.31. The topological polar surface area (TPSA) is 73.1 Å². The number of aromatic nitrogens is 2. The van der Waals surface area contributed by atoms with Crippen LogP contribution in [0.1, 0.15) is 13.3 Å². The first-order valence-electron chi connectivity index (χ1n) is 6.39. The number of thioether (sulfide) groups is 1. The van der Waals surface area contributed by atoms with Crippen molar-refractivity contribution in [2.75, 3.05) is 23.9 Å². The molecule has 2 rings (SSSR count). The average Bonchev–Trinajstić information content (AvgIpc) is 2.48. The van der Waals surface area contributed by atoms with Crippen molar-refractivity contribution < 1.29 is 4.74 Å². The van der Waals surface area contributed by atoms with Crippen LogP contribution in [0.2, 0.25) is 0 Å². The van der Waals surface area contributed by atoms with E-state index in [0.717, 1.165) is 17.0 Å². The molecule has 0 aliphatic carbocycles. The Morgan fingerprint density at radius 3 is 2.85 bits per heavy atom. The van der Waals surface area contributed by atoms with E-state index in [9.17, 15) is 0 Å². The highest BCUT2D eigenvalue weighted by molar-refractivity contribution is 7.98. The highest BCUT2D eigenvalue weighted by atomic mass is 32.2. The minimum atomic E-state index is 0.422. The molecule has 5 nitrogen and oxygen atoms in total. The molecule has 0 aliphatic heterocycles. The molecule has 0 saturated carbocycles. The minimum Gasteiger partial charge on any atom is -0.476 e. The summed E-state index contributed by atoms with van der Waals surface area (Å²) in [7, 11) is 0. The molecule has 2 aromatic rings. The van der Waals surface area contributed by atoms with Gasteiger partial charge in [0, 0.05) is 4.90 Å². The monoisotopic (exact) mass is 290 g/mol. The lowest BCUT2D eigenvalue weighted by atomic mass is 10.3. The van der Waals surface area contributed by atoms with Gasteiger partial charge in [-0.1, -0.05) is 19.1 Å². The smallest absolute Gasteiger partial charge is 0.242 e. The van der Waals surface area contributed by atoms with E-state index in [1.807, 2.05) is 37.4 Å².